The number of carboxylic acid groups (broad SMARTS) is 1. The number of aliphatic carboxylic acids is 1. The Bertz CT molecular complexity index is 1220. The molecule has 0 fully saturated rings. The molecule has 1 atom stereocenters. The third kappa shape index (κ3) is 3.71. The van der Waals surface area contributed by atoms with E-state index in [1.54, 1.807) is 6.20 Å². The second-order valence-electron chi connectivity index (χ2n) is 7.29. The smallest absolute Gasteiger partial charge is 0.326 e. The lowest BCUT2D eigenvalue weighted by Gasteiger charge is -2.14. The molecule has 0 radical (unpaired) electrons. The number of aromatic nitrogens is 2. The van der Waals surface area contributed by atoms with E-state index in [9.17, 15) is 14.7 Å². The van der Waals surface area contributed by atoms with Crippen molar-refractivity contribution in [3.05, 3.63) is 65.0 Å². The summed E-state index contributed by atoms with van der Waals surface area (Å²) in [4.78, 5) is 27.4. The molecule has 2 heterocycles. The minimum Gasteiger partial charge on any atom is -0.480 e. The molecule has 3 N–H and O–H groups in total. The summed E-state index contributed by atoms with van der Waals surface area (Å²) in [7, 11) is 0. The summed E-state index contributed by atoms with van der Waals surface area (Å²) in [6.45, 7) is 3.89. The van der Waals surface area contributed by atoms with Gasteiger partial charge in [0.15, 0.2) is 5.58 Å². The van der Waals surface area contributed by atoms with Crippen molar-refractivity contribution >= 4 is 33.7 Å². The van der Waals surface area contributed by atoms with Crippen molar-refractivity contribution < 1.29 is 19.2 Å². The van der Waals surface area contributed by atoms with Crippen LogP contribution >= 0.6 is 0 Å². The standard InChI is InChI=1S/C22H21N3O4/c1-12-7-13(2)21-16(8-12)18(25-29-21)10-20(26)24-19(22(27)28)9-14-11-23-17-6-4-3-5-15(14)17/h3-8,11,19,23H,9-10H2,1-2H3,(H,24,26)(H,27,28). The van der Waals surface area contributed by atoms with Crippen molar-refractivity contribution in [1.29, 1.82) is 0 Å². The molecule has 29 heavy (non-hydrogen) atoms. The van der Waals surface area contributed by atoms with Gasteiger partial charge < -0.3 is 19.9 Å². The highest BCUT2D eigenvalue weighted by Gasteiger charge is 2.23. The lowest BCUT2D eigenvalue weighted by Crippen LogP contribution is -2.43. The molecule has 1 unspecified atom stereocenters. The summed E-state index contributed by atoms with van der Waals surface area (Å²) < 4.78 is 5.37. The zero-order valence-electron chi connectivity index (χ0n) is 16.2. The summed E-state index contributed by atoms with van der Waals surface area (Å²) in [6.07, 6.45) is 1.92. The summed E-state index contributed by atoms with van der Waals surface area (Å²) in [5, 5.41) is 18.0. The first-order valence-corrected chi connectivity index (χ1v) is 9.35. The second-order valence-corrected chi connectivity index (χ2v) is 7.29. The van der Waals surface area contributed by atoms with E-state index in [-0.39, 0.29) is 12.8 Å². The van der Waals surface area contributed by atoms with E-state index in [0.717, 1.165) is 33.0 Å². The van der Waals surface area contributed by atoms with Crippen LogP contribution < -0.4 is 5.32 Å². The van der Waals surface area contributed by atoms with Crippen molar-refractivity contribution in [2.24, 2.45) is 0 Å². The van der Waals surface area contributed by atoms with E-state index >= 15 is 0 Å². The molecule has 1 amide bonds. The number of para-hydroxylation sites is 1. The largest absolute Gasteiger partial charge is 0.480 e. The number of hydrogen-bond acceptors (Lipinski definition) is 4. The van der Waals surface area contributed by atoms with Gasteiger partial charge in [0.1, 0.15) is 11.7 Å². The number of nitrogens with one attached hydrogen (secondary N) is 2. The Hall–Kier alpha value is -3.61. The molecular formula is C22H21N3O4. The fourth-order valence-corrected chi connectivity index (χ4v) is 3.69. The lowest BCUT2D eigenvalue weighted by molar-refractivity contribution is -0.141. The number of amides is 1. The molecule has 0 saturated carbocycles. The molecule has 2 aromatic carbocycles. The molecule has 0 aliphatic carbocycles. The molecule has 0 aliphatic heterocycles. The normalized spacial score (nSPS) is 12.3. The Balaban J connectivity index is 1.52. The molecule has 4 aromatic rings. The number of aromatic amines is 1. The first kappa shape index (κ1) is 18.7. The molecule has 7 nitrogen and oxygen atoms in total. The number of H-pyrrole nitrogens is 1. The number of nitrogens with zero attached hydrogens (tertiary/aromatic N) is 1. The van der Waals surface area contributed by atoms with Crippen LogP contribution in [-0.2, 0) is 22.4 Å². The first-order valence-electron chi connectivity index (χ1n) is 9.35. The summed E-state index contributed by atoms with van der Waals surface area (Å²) in [5.74, 6) is -1.49. The zero-order valence-corrected chi connectivity index (χ0v) is 16.2. The van der Waals surface area contributed by atoms with Crippen molar-refractivity contribution in [3.8, 4) is 0 Å². The molecule has 0 saturated heterocycles. The van der Waals surface area contributed by atoms with E-state index in [4.69, 9.17) is 4.52 Å². The predicted octanol–water partition coefficient (Wildman–Crippen LogP) is 3.28. The number of carbonyl (C=O) groups excluding carboxylic acids is 1. The minimum absolute atomic E-state index is 0.0481. The highest BCUT2D eigenvalue weighted by molar-refractivity contribution is 5.90. The molecule has 0 aliphatic rings. The van der Waals surface area contributed by atoms with Gasteiger partial charge in [-0.25, -0.2) is 4.79 Å². The molecule has 2 aromatic heterocycles. The fourth-order valence-electron chi connectivity index (χ4n) is 3.69. The first-order chi connectivity index (χ1) is 13.9. The Morgan fingerprint density at radius 2 is 2.00 bits per heavy atom. The maximum Gasteiger partial charge on any atom is 0.326 e. The van der Waals surface area contributed by atoms with Crippen LogP contribution in [0, 0.1) is 13.8 Å². The number of fused-ring (bicyclic) bond motifs is 2. The van der Waals surface area contributed by atoms with Gasteiger partial charge in [0, 0.05) is 28.9 Å². The molecule has 0 spiro atoms. The quantitative estimate of drug-likeness (QED) is 0.467. The van der Waals surface area contributed by atoms with E-state index in [0.29, 0.717) is 11.3 Å². The van der Waals surface area contributed by atoms with Crippen LogP contribution in [0.15, 0.2) is 47.1 Å². The van der Waals surface area contributed by atoms with Gasteiger partial charge in [-0.15, -0.1) is 0 Å². The van der Waals surface area contributed by atoms with E-state index in [1.165, 1.54) is 0 Å². The van der Waals surface area contributed by atoms with Crippen LogP contribution in [0.4, 0.5) is 0 Å². The summed E-state index contributed by atoms with van der Waals surface area (Å²) in [5.41, 5.74) is 4.90. The Labute approximate surface area is 166 Å². The van der Waals surface area contributed by atoms with Gasteiger partial charge in [0.05, 0.1) is 6.42 Å². The van der Waals surface area contributed by atoms with Crippen LogP contribution in [0.3, 0.4) is 0 Å². The fraction of sp³-hybridized carbons (Fsp3) is 0.227. The zero-order chi connectivity index (χ0) is 20.5. The monoisotopic (exact) mass is 391 g/mol. The Morgan fingerprint density at radius 1 is 1.21 bits per heavy atom. The van der Waals surface area contributed by atoms with Gasteiger partial charge >= 0.3 is 5.97 Å². The Morgan fingerprint density at radius 3 is 2.79 bits per heavy atom. The number of benzene rings is 2. The number of carboxylic acids is 1. The van der Waals surface area contributed by atoms with Crippen molar-refractivity contribution in [3.63, 3.8) is 0 Å². The van der Waals surface area contributed by atoms with Gasteiger partial charge in [0.25, 0.3) is 0 Å². The highest BCUT2D eigenvalue weighted by atomic mass is 16.5. The van der Waals surface area contributed by atoms with Crippen LogP contribution in [0.2, 0.25) is 0 Å². The molecular weight excluding hydrogens is 370 g/mol. The van der Waals surface area contributed by atoms with E-state index < -0.39 is 17.9 Å². The SMILES string of the molecule is Cc1cc(C)c2onc(CC(=O)NC(Cc3c[nH]c4ccccc34)C(=O)O)c2c1. The van der Waals surface area contributed by atoms with Crippen molar-refractivity contribution in [1.82, 2.24) is 15.5 Å². The summed E-state index contributed by atoms with van der Waals surface area (Å²) in [6, 6.07) is 10.5. The van der Waals surface area contributed by atoms with Gasteiger partial charge in [0.2, 0.25) is 5.91 Å². The molecule has 4 rings (SSSR count). The predicted molar refractivity (Wildman–Crippen MR) is 109 cm³/mol. The molecule has 7 heteroatoms. The average molecular weight is 391 g/mol. The molecule has 148 valence electrons. The van der Waals surface area contributed by atoms with Crippen molar-refractivity contribution in [2.45, 2.75) is 32.7 Å². The number of aryl methyl sites for hydroxylation is 2. The summed E-state index contributed by atoms with van der Waals surface area (Å²) >= 11 is 0. The minimum atomic E-state index is -1.08. The van der Waals surface area contributed by atoms with Crippen LogP contribution in [0.1, 0.15) is 22.4 Å². The van der Waals surface area contributed by atoms with E-state index in [1.807, 2.05) is 50.2 Å². The molecule has 0 bridgehead atoms. The van der Waals surface area contributed by atoms with Crippen LogP contribution in [0.25, 0.3) is 21.9 Å². The lowest BCUT2D eigenvalue weighted by atomic mass is 10.0. The average Bonchev–Trinajstić information content (AvgIpc) is 3.26. The topological polar surface area (TPSA) is 108 Å². The van der Waals surface area contributed by atoms with Gasteiger partial charge in [-0.05, 0) is 42.7 Å². The maximum absolute atomic E-state index is 12.6. The number of hydrogen-bond donors (Lipinski definition) is 3. The number of carbonyl (C=O) groups is 2. The third-order valence-corrected chi connectivity index (χ3v) is 5.04. The maximum atomic E-state index is 12.6. The van der Waals surface area contributed by atoms with Gasteiger partial charge in [-0.2, -0.15) is 0 Å². The Kier molecular flexibility index (Phi) is 4.80. The van der Waals surface area contributed by atoms with Gasteiger partial charge in [-0.3, -0.25) is 4.79 Å². The second kappa shape index (κ2) is 7.43. The highest BCUT2D eigenvalue weighted by Crippen LogP contribution is 2.24. The van der Waals surface area contributed by atoms with E-state index in [2.05, 4.69) is 15.5 Å². The van der Waals surface area contributed by atoms with Crippen LogP contribution in [-0.4, -0.2) is 33.2 Å². The number of rotatable bonds is 6. The van der Waals surface area contributed by atoms with Crippen LogP contribution in [0.5, 0.6) is 0 Å². The third-order valence-electron chi connectivity index (χ3n) is 5.04. The van der Waals surface area contributed by atoms with Crippen molar-refractivity contribution in [2.75, 3.05) is 0 Å². The van der Waals surface area contributed by atoms with Gasteiger partial charge in [-0.1, -0.05) is 29.4 Å².